The van der Waals surface area contributed by atoms with Crippen molar-refractivity contribution in [1.29, 1.82) is 5.26 Å². The average molecular weight is 274 g/mol. The highest BCUT2D eigenvalue weighted by Gasteiger charge is 2.19. The van der Waals surface area contributed by atoms with Crippen LogP contribution in [0.15, 0.2) is 24.3 Å². The van der Waals surface area contributed by atoms with Gasteiger partial charge in [-0.2, -0.15) is 5.26 Å². The van der Waals surface area contributed by atoms with Crippen molar-refractivity contribution in [3.8, 4) is 11.8 Å². The number of nitriles is 1. The van der Waals surface area contributed by atoms with E-state index in [1.807, 2.05) is 38.1 Å². The van der Waals surface area contributed by atoms with E-state index < -0.39 is 0 Å². The Kier molecular flexibility index (Phi) is 7.11. The monoisotopic (exact) mass is 274 g/mol. The molecule has 0 saturated carbocycles. The Hall–Kier alpha value is -1.53. The van der Waals surface area contributed by atoms with Crippen LogP contribution in [0, 0.1) is 11.3 Å². The van der Waals surface area contributed by atoms with Gasteiger partial charge in [0.15, 0.2) is 0 Å². The molecule has 0 aliphatic rings. The van der Waals surface area contributed by atoms with Gasteiger partial charge >= 0.3 is 0 Å². The third kappa shape index (κ3) is 4.86. The van der Waals surface area contributed by atoms with Crippen LogP contribution >= 0.6 is 0 Å². The van der Waals surface area contributed by atoms with Gasteiger partial charge in [-0.05, 0) is 57.5 Å². The Morgan fingerprint density at radius 2 is 1.85 bits per heavy atom. The SMILES string of the molecule is CCCN(CCC)C(C#N)c1cccc(OC(C)C)c1. The number of ether oxygens (including phenoxy) is 1. The van der Waals surface area contributed by atoms with Crippen molar-refractivity contribution >= 4 is 0 Å². The van der Waals surface area contributed by atoms with Crippen LogP contribution in [0.1, 0.15) is 52.1 Å². The molecule has 1 aromatic carbocycles. The molecule has 0 amide bonds. The third-order valence-electron chi connectivity index (χ3n) is 3.05. The summed E-state index contributed by atoms with van der Waals surface area (Å²) in [6.07, 6.45) is 2.26. The number of hydrogen-bond donors (Lipinski definition) is 0. The minimum atomic E-state index is -0.189. The van der Waals surface area contributed by atoms with E-state index in [0.29, 0.717) is 0 Å². The molecule has 3 heteroatoms. The summed E-state index contributed by atoms with van der Waals surface area (Å²) in [5.74, 6) is 0.839. The highest BCUT2D eigenvalue weighted by Crippen LogP contribution is 2.25. The molecule has 0 aliphatic carbocycles. The maximum atomic E-state index is 9.54. The maximum absolute atomic E-state index is 9.54. The van der Waals surface area contributed by atoms with Crippen molar-refractivity contribution in [3.63, 3.8) is 0 Å². The third-order valence-corrected chi connectivity index (χ3v) is 3.05. The van der Waals surface area contributed by atoms with E-state index in [9.17, 15) is 5.26 Å². The zero-order valence-corrected chi connectivity index (χ0v) is 13.1. The molecule has 20 heavy (non-hydrogen) atoms. The Balaban J connectivity index is 2.95. The van der Waals surface area contributed by atoms with Gasteiger partial charge in [0, 0.05) is 0 Å². The molecule has 110 valence electrons. The lowest BCUT2D eigenvalue weighted by molar-refractivity contribution is 0.231. The predicted molar refractivity (Wildman–Crippen MR) is 82.7 cm³/mol. The van der Waals surface area contributed by atoms with Gasteiger partial charge in [-0.15, -0.1) is 0 Å². The normalized spacial score (nSPS) is 12.4. The van der Waals surface area contributed by atoms with Crippen LogP contribution < -0.4 is 4.74 Å². The zero-order chi connectivity index (χ0) is 15.0. The minimum absolute atomic E-state index is 0.146. The van der Waals surface area contributed by atoms with E-state index in [-0.39, 0.29) is 12.1 Å². The molecular formula is C17H26N2O. The van der Waals surface area contributed by atoms with Crippen molar-refractivity contribution in [1.82, 2.24) is 4.90 Å². The first-order valence-corrected chi connectivity index (χ1v) is 7.52. The lowest BCUT2D eigenvalue weighted by Crippen LogP contribution is -2.29. The van der Waals surface area contributed by atoms with Crippen molar-refractivity contribution in [2.75, 3.05) is 13.1 Å². The summed E-state index contributed by atoms with van der Waals surface area (Å²) in [6, 6.07) is 10.2. The number of rotatable bonds is 8. The van der Waals surface area contributed by atoms with Crippen molar-refractivity contribution in [2.45, 2.75) is 52.7 Å². The fourth-order valence-electron chi connectivity index (χ4n) is 2.34. The van der Waals surface area contributed by atoms with Crippen molar-refractivity contribution in [3.05, 3.63) is 29.8 Å². The molecular weight excluding hydrogens is 248 g/mol. The van der Waals surface area contributed by atoms with Crippen molar-refractivity contribution < 1.29 is 4.74 Å². The Labute approximate surface area is 123 Å². The maximum Gasteiger partial charge on any atom is 0.123 e. The summed E-state index contributed by atoms with van der Waals surface area (Å²) < 4.78 is 5.72. The van der Waals surface area contributed by atoms with Gasteiger partial charge in [-0.1, -0.05) is 26.0 Å². The van der Waals surface area contributed by atoms with Gasteiger partial charge in [0.05, 0.1) is 12.2 Å². The van der Waals surface area contributed by atoms with Crippen LogP contribution in [0.2, 0.25) is 0 Å². The summed E-state index contributed by atoms with van der Waals surface area (Å²) >= 11 is 0. The molecule has 1 aromatic rings. The molecule has 0 saturated heterocycles. The zero-order valence-electron chi connectivity index (χ0n) is 13.1. The van der Waals surface area contributed by atoms with E-state index in [1.165, 1.54) is 0 Å². The van der Waals surface area contributed by atoms with E-state index in [1.54, 1.807) is 0 Å². The highest BCUT2D eigenvalue weighted by atomic mass is 16.5. The molecule has 3 nitrogen and oxygen atoms in total. The number of nitrogens with zero attached hydrogens (tertiary/aromatic N) is 2. The van der Waals surface area contributed by atoms with Gasteiger partial charge in [0.2, 0.25) is 0 Å². The average Bonchev–Trinajstić information content (AvgIpc) is 2.40. The minimum Gasteiger partial charge on any atom is -0.491 e. The molecule has 0 N–H and O–H groups in total. The Bertz CT molecular complexity index is 431. The molecule has 1 rings (SSSR count). The van der Waals surface area contributed by atoms with E-state index in [2.05, 4.69) is 24.8 Å². The van der Waals surface area contributed by atoms with Crippen LogP contribution in [-0.4, -0.2) is 24.1 Å². The van der Waals surface area contributed by atoms with E-state index in [4.69, 9.17) is 4.74 Å². The first-order chi connectivity index (χ1) is 9.62. The standard InChI is InChI=1S/C17H26N2O/c1-5-10-19(11-6-2)17(13-18)15-8-7-9-16(12-15)20-14(3)4/h7-9,12,14,17H,5-6,10-11H2,1-4H3. The Morgan fingerprint density at radius 3 is 2.35 bits per heavy atom. The van der Waals surface area contributed by atoms with Crippen LogP contribution in [0.3, 0.4) is 0 Å². The largest absolute Gasteiger partial charge is 0.491 e. The quantitative estimate of drug-likeness (QED) is 0.714. The van der Waals surface area contributed by atoms with Gasteiger partial charge in [-0.3, -0.25) is 4.90 Å². The smallest absolute Gasteiger partial charge is 0.123 e. The Morgan fingerprint density at radius 1 is 1.20 bits per heavy atom. The second kappa shape index (κ2) is 8.60. The fraction of sp³-hybridized carbons (Fsp3) is 0.588. The second-order valence-electron chi connectivity index (χ2n) is 5.31. The molecule has 0 radical (unpaired) electrons. The molecule has 0 aliphatic heterocycles. The summed E-state index contributed by atoms with van der Waals surface area (Å²) in [5, 5.41) is 9.54. The fourth-order valence-corrected chi connectivity index (χ4v) is 2.34. The van der Waals surface area contributed by atoms with Gasteiger partial charge in [0.1, 0.15) is 11.8 Å². The van der Waals surface area contributed by atoms with Gasteiger partial charge in [0.25, 0.3) is 0 Å². The van der Waals surface area contributed by atoms with Crippen LogP contribution in [0.25, 0.3) is 0 Å². The second-order valence-corrected chi connectivity index (χ2v) is 5.31. The van der Waals surface area contributed by atoms with Crippen LogP contribution in [0.4, 0.5) is 0 Å². The predicted octanol–water partition coefficient (Wildman–Crippen LogP) is 4.16. The van der Waals surface area contributed by atoms with Crippen molar-refractivity contribution in [2.24, 2.45) is 0 Å². The summed E-state index contributed by atoms with van der Waals surface area (Å²) in [6.45, 7) is 10.2. The lowest BCUT2D eigenvalue weighted by Gasteiger charge is -2.26. The van der Waals surface area contributed by atoms with Crippen LogP contribution in [-0.2, 0) is 0 Å². The van der Waals surface area contributed by atoms with E-state index >= 15 is 0 Å². The summed E-state index contributed by atoms with van der Waals surface area (Å²) in [4.78, 5) is 2.24. The highest BCUT2D eigenvalue weighted by molar-refractivity contribution is 5.33. The molecule has 0 fully saturated rings. The van der Waals surface area contributed by atoms with Gasteiger partial charge < -0.3 is 4.74 Å². The first kappa shape index (κ1) is 16.5. The van der Waals surface area contributed by atoms with Gasteiger partial charge in [-0.25, -0.2) is 0 Å². The molecule has 0 aromatic heterocycles. The topological polar surface area (TPSA) is 36.3 Å². The number of hydrogen-bond acceptors (Lipinski definition) is 3. The summed E-state index contributed by atoms with van der Waals surface area (Å²) in [7, 11) is 0. The molecule has 0 bridgehead atoms. The summed E-state index contributed by atoms with van der Waals surface area (Å²) in [5.41, 5.74) is 1.02. The molecule has 0 heterocycles. The first-order valence-electron chi connectivity index (χ1n) is 7.52. The molecule has 1 atom stereocenters. The van der Waals surface area contributed by atoms with Crippen LogP contribution in [0.5, 0.6) is 5.75 Å². The number of benzene rings is 1. The molecule has 0 spiro atoms. The van der Waals surface area contributed by atoms with E-state index in [0.717, 1.165) is 37.2 Å². The molecule has 1 unspecified atom stereocenters. The lowest BCUT2D eigenvalue weighted by atomic mass is 10.1.